The van der Waals surface area contributed by atoms with Crippen molar-refractivity contribution in [2.24, 2.45) is 5.92 Å². The topological polar surface area (TPSA) is 23.6 Å². The molecule has 4 heteroatoms. The summed E-state index contributed by atoms with van der Waals surface area (Å²) in [5.74, 6) is 0.497. The van der Waals surface area contributed by atoms with E-state index in [9.17, 15) is 4.79 Å². The van der Waals surface area contributed by atoms with E-state index in [4.69, 9.17) is 11.6 Å². The van der Waals surface area contributed by atoms with Crippen molar-refractivity contribution in [1.82, 2.24) is 9.80 Å². The van der Waals surface area contributed by atoms with Gasteiger partial charge in [0.25, 0.3) is 0 Å². The minimum absolute atomic E-state index is 0.172. The van der Waals surface area contributed by atoms with Crippen LogP contribution in [-0.2, 0) is 11.3 Å². The molecular formula is C18H25ClN2O. The van der Waals surface area contributed by atoms with Crippen LogP contribution in [0.5, 0.6) is 0 Å². The SMILES string of the molecule is CC1CN(Cc2ccccc2)CCCN1C(=O)C1CC(Cl)C1. The Bertz CT molecular complexity index is 501. The molecule has 120 valence electrons. The van der Waals surface area contributed by atoms with Gasteiger partial charge in [0.2, 0.25) is 5.91 Å². The molecule has 1 aromatic rings. The fourth-order valence-corrected chi connectivity index (χ4v) is 3.98. The highest BCUT2D eigenvalue weighted by molar-refractivity contribution is 6.21. The van der Waals surface area contributed by atoms with E-state index in [0.717, 1.165) is 45.4 Å². The molecule has 0 spiro atoms. The van der Waals surface area contributed by atoms with E-state index in [-0.39, 0.29) is 17.3 Å². The molecule has 1 heterocycles. The number of rotatable bonds is 3. The van der Waals surface area contributed by atoms with E-state index in [1.165, 1.54) is 5.56 Å². The number of nitrogens with zero attached hydrogens (tertiary/aromatic N) is 2. The molecule has 0 aromatic heterocycles. The zero-order chi connectivity index (χ0) is 15.5. The lowest BCUT2D eigenvalue weighted by molar-refractivity contribution is -0.140. The first-order valence-electron chi connectivity index (χ1n) is 8.34. The highest BCUT2D eigenvalue weighted by atomic mass is 35.5. The number of amides is 1. The zero-order valence-electron chi connectivity index (χ0n) is 13.2. The van der Waals surface area contributed by atoms with Crippen LogP contribution in [0.1, 0.15) is 31.7 Å². The lowest BCUT2D eigenvalue weighted by atomic mass is 9.83. The van der Waals surface area contributed by atoms with Crippen molar-refractivity contribution in [3.05, 3.63) is 35.9 Å². The molecular weight excluding hydrogens is 296 g/mol. The van der Waals surface area contributed by atoms with E-state index >= 15 is 0 Å². The molecule has 3 nitrogen and oxygen atoms in total. The molecule has 22 heavy (non-hydrogen) atoms. The first-order valence-corrected chi connectivity index (χ1v) is 8.78. The zero-order valence-corrected chi connectivity index (χ0v) is 14.0. The van der Waals surface area contributed by atoms with E-state index < -0.39 is 0 Å². The van der Waals surface area contributed by atoms with E-state index in [0.29, 0.717) is 5.91 Å². The minimum Gasteiger partial charge on any atom is -0.338 e. The van der Waals surface area contributed by atoms with Crippen LogP contribution in [0.2, 0.25) is 0 Å². The van der Waals surface area contributed by atoms with Gasteiger partial charge in [0, 0.05) is 43.5 Å². The maximum absolute atomic E-state index is 12.6. The predicted octanol–water partition coefficient (Wildman–Crippen LogP) is 3.13. The average Bonchev–Trinajstić information content (AvgIpc) is 2.66. The molecule has 0 bridgehead atoms. The molecule has 2 fully saturated rings. The second-order valence-electron chi connectivity index (χ2n) is 6.72. The van der Waals surface area contributed by atoms with Crippen molar-refractivity contribution in [2.45, 2.75) is 44.1 Å². The molecule has 1 saturated carbocycles. The third-order valence-electron chi connectivity index (χ3n) is 4.89. The molecule has 3 rings (SSSR count). The Morgan fingerprint density at radius 1 is 1.23 bits per heavy atom. The first kappa shape index (κ1) is 15.8. The van der Waals surface area contributed by atoms with Crippen molar-refractivity contribution < 1.29 is 4.79 Å². The molecule has 2 aliphatic rings. The van der Waals surface area contributed by atoms with Crippen LogP contribution >= 0.6 is 11.6 Å². The Hall–Kier alpha value is -1.06. The van der Waals surface area contributed by atoms with Crippen LogP contribution in [0.3, 0.4) is 0 Å². The van der Waals surface area contributed by atoms with Crippen LogP contribution in [-0.4, -0.2) is 46.8 Å². The molecule has 0 radical (unpaired) electrons. The normalized spacial score (nSPS) is 29.7. The van der Waals surface area contributed by atoms with Gasteiger partial charge in [-0.2, -0.15) is 0 Å². The maximum atomic E-state index is 12.6. The van der Waals surface area contributed by atoms with Gasteiger partial charge >= 0.3 is 0 Å². The Labute approximate surface area is 138 Å². The van der Waals surface area contributed by atoms with E-state index in [1.54, 1.807) is 0 Å². The van der Waals surface area contributed by atoms with Crippen molar-refractivity contribution in [3.8, 4) is 0 Å². The first-order chi connectivity index (χ1) is 10.6. The van der Waals surface area contributed by atoms with Gasteiger partial charge < -0.3 is 4.90 Å². The Morgan fingerprint density at radius 2 is 1.95 bits per heavy atom. The van der Waals surface area contributed by atoms with Crippen LogP contribution in [0.4, 0.5) is 0 Å². The number of hydrogen-bond acceptors (Lipinski definition) is 2. The third kappa shape index (κ3) is 3.64. The second kappa shape index (κ2) is 7.01. The van der Waals surface area contributed by atoms with Gasteiger partial charge in [-0.1, -0.05) is 30.3 Å². The number of halogens is 1. The monoisotopic (exact) mass is 320 g/mol. The van der Waals surface area contributed by atoms with Gasteiger partial charge in [-0.05, 0) is 31.7 Å². The molecule has 1 aliphatic heterocycles. The molecule has 1 atom stereocenters. The van der Waals surface area contributed by atoms with Crippen LogP contribution in [0.15, 0.2) is 30.3 Å². The Morgan fingerprint density at radius 3 is 2.64 bits per heavy atom. The summed E-state index contributed by atoms with van der Waals surface area (Å²) in [6.45, 7) is 6.05. The highest BCUT2D eigenvalue weighted by Gasteiger charge is 2.37. The summed E-state index contributed by atoms with van der Waals surface area (Å²) in [5.41, 5.74) is 1.35. The van der Waals surface area contributed by atoms with Gasteiger partial charge in [-0.3, -0.25) is 9.69 Å². The second-order valence-corrected chi connectivity index (χ2v) is 7.34. The minimum atomic E-state index is 0.172. The fraction of sp³-hybridized carbons (Fsp3) is 0.611. The van der Waals surface area contributed by atoms with Crippen molar-refractivity contribution in [1.29, 1.82) is 0 Å². The number of carbonyl (C=O) groups is 1. The number of carbonyl (C=O) groups excluding carboxylic acids is 1. The molecule has 0 N–H and O–H groups in total. The molecule has 1 unspecified atom stereocenters. The summed E-state index contributed by atoms with van der Waals surface area (Å²) in [7, 11) is 0. The molecule has 1 saturated heterocycles. The highest BCUT2D eigenvalue weighted by Crippen LogP contribution is 2.34. The van der Waals surface area contributed by atoms with Gasteiger partial charge in [0.1, 0.15) is 0 Å². The molecule has 1 aromatic carbocycles. The number of benzene rings is 1. The summed E-state index contributed by atoms with van der Waals surface area (Å²) >= 11 is 6.03. The van der Waals surface area contributed by atoms with E-state index in [2.05, 4.69) is 47.1 Å². The van der Waals surface area contributed by atoms with Crippen molar-refractivity contribution in [2.75, 3.05) is 19.6 Å². The summed E-state index contributed by atoms with van der Waals surface area (Å²) in [6.07, 6.45) is 2.77. The fourth-order valence-electron chi connectivity index (χ4n) is 3.55. The standard InChI is InChI=1S/C18H25ClN2O/c1-14-12-20(13-15-6-3-2-4-7-15)8-5-9-21(14)18(22)16-10-17(19)11-16/h2-4,6-7,14,16-17H,5,8-13H2,1H3. The Balaban J connectivity index is 1.58. The Kier molecular flexibility index (Phi) is 5.04. The van der Waals surface area contributed by atoms with E-state index in [1.807, 2.05) is 0 Å². The molecule has 1 aliphatic carbocycles. The summed E-state index contributed by atoms with van der Waals surface area (Å²) < 4.78 is 0. The largest absolute Gasteiger partial charge is 0.338 e. The van der Waals surface area contributed by atoms with Gasteiger partial charge in [-0.25, -0.2) is 0 Å². The van der Waals surface area contributed by atoms with Gasteiger partial charge in [0.15, 0.2) is 0 Å². The maximum Gasteiger partial charge on any atom is 0.226 e. The van der Waals surface area contributed by atoms with Crippen LogP contribution < -0.4 is 0 Å². The van der Waals surface area contributed by atoms with Crippen molar-refractivity contribution >= 4 is 17.5 Å². The predicted molar refractivity (Wildman–Crippen MR) is 89.9 cm³/mol. The summed E-state index contributed by atoms with van der Waals surface area (Å²) in [4.78, 5) is 17.2. The van der Waals surface area contributed by atoms with Crippen LogP contribution in [0.25, 0.3) is 0 Å². The smallest absolute Gasteiger partial charge is 0.226 e. The van der Waals surface area contributed by atoms with Gasteiger partial charge in [-0.15, -0.1) is 11.6 Å². The number of alkyl halides is 1. The summed E-state index contributed by atoms with van der Waals surface area (Å²) in [6, 6.07) is 10.9. The summed E-state index contributed by atoms with van der Waals surface area (Å²) in [5, 5.41) is 0.214. The molecule has 1 amide bonds. The van der Waals surface area contributed by atoms with Gasteiger partial charge in [0.05, 0.1) is 0 Å². The quantitative estimate of drug-likeness (QED) is 0.799. The average molecular weight is 321 g/mol. The third-order valence-corrected chi connectivity index (χ3v) is 5.25. The van der Waals surface area contributed by atoms with Crippen LogP contribution in [0, 0.1) is 5.92 Å². The lowest BCUT2D eigenvalue weighted by Crippen LogP contribution is -2.48. The lowest BCUT2D eigenvalue weighted by Gasteiger charge is -2.37. The number of hydrogen-bond donors (Lipinski definition) is 0. The van der Waals surface area contributed by atoms with Crippen molar-refractivity contribution in [3.63, 3.8) is 0 Å².